The summed E-state index contributed by atoms with van der Waals surface area (Å²) >= 11 is 0. The number of hydrogen-bond acceptors (Lipinski definition) is 2. The van der Waals surface area contributed by atoms with Crippen molar-refractivity contribution < 1.29 is 8.78 Å². The van der Waals surface area contributed by atoms with E-state index in [-0.39, 0.29) is 11.6 Å². The molecular formula is C12H13F2N3. The molecule has 1 aromatic heterocycles. The highest BCUT2D eigenvalue weighted by Gasteiger charge is 2.12. The van der Waals surface area contributed by atoms with Crippen LogP contribution in [-0.2, 0) is 0 Å². The van der Waals surface area contributed by atoms with Crippen LogP contribution in [0.5, 0.6) is 0 Å². The SMILES string of the molecule is CC(C)Nc1cc(-c2cccc(F)c2F)[nH]n1. The summed E-state index contributed by atoms with van der Waals surface area (Å²) in [6, 6.07) is 5.93. The summed E-state index contributed by atoms with van der Waals surface area (Å²) in [6.07, 6.45) is 0. The van der Waals surface area contributed by atoms with Gasteiger partial charge in [0.25, 0.3) is 0 Å². The maximum atomic E-state index is 13.5. The molecule has 0 radical (unpaired) electrons. The summed E-state index contributed by atoms with van der Waals surface area (Å²) in [6.45, 7) is 3.94. The number of halogens is 2. The first-order chi connectivity index (χ1) is 8.08. The minimum atomic E-state index is -0.868. The highest BCUT2D eigenvalue weighted by Crippen LogP contribution is 2.24. The highest BCUT2D eigenvalue weighted by atomic mass is 19.2. The zero-order chi connectivity index (χ0) is 12.4. The van der Waals surface area contributed by atoms with Crippen molar-refractivity contribution in [3.05, 3.63) is 35.9 Å². The summed E-state index contributed by atoms with van der Waals surface area (Å²) in [4.78, 5) is 0. The Morgan fingerprint density at radius 3 is 2.76 bits per heavy atom. The second-order valence-corrected chi connectivity index (χ2v) is 4.07. The standard InChI is InChI=1S/C12H13F2N3/c1-7(2)15-11-6-10(16-17-11)8-4-3-5-9(13)12(8)14/h3-7H,1-2H3,(H2,15,16,17). The first kappa shape index (κ1) is 11.6. The maximum Gasteiger partial charge on any atom is 0.168 e. The molecule has 90 valence electrons. The van der Waals surface area contributed by atoms with Crippen molar-refractivity contribution in [3.8, 4) is 11.3 Å². The van der Waals surface area contributed by atoms with Gasteiger partial charge < -0.3 is 5.32 Å². The molecule has 0 aliphatic heterocycles. The number of hydrogen-bond donors (Lipinski definition) is 2. The van der Waals surface area contributed by atoms with Crippen molar-refractivity contribution in [3.63, 3.8) is 0 Å². The molecule has 1 heterocycles. The third-order valence-corrected chi connectivity index (χ3v) is 2.26. The quantitative estimate of drug-likeness (QED) is 0.860. The van der Waals surface area contributed by atoms with E-state index >= 15 is 0 Å². The van der Waals surface area contributed by atoms with Gasteiger partial charge in [-0.05, 0) is 26.0 Å². The fraction of sp³-hybridized carbons (Fsp3) is 0.250. The molecule has 0 atom stereocenters. The lowest BCUT2D eigenvalue weighted by Gasteiger charge is -2.04. The average Bonchev–Trinajstić information content (AvgIpc) is 2.69. The van der Waals surface area contributed by atoms with Crippen LogP contribution < -0.4 is 5.32 Å². The number of aromatic amines is 1. The summed E-state index contributed by atoms with van der Waals surface area (Å²) in [5, 5.41) is 9.72. The van der Waals surface area contributed by atoms with Crippen LogP contribution in [0.2, 0.25) is 0 Å². The van der Waals surface area contributed by atoms with Crippen molar-refractivity contribution in [2.75, 3.05) is 5.32 Å². The third-order valence-electron chi connectivity index (χ3n) is 2.26. The topological polar surface area (TPSA) is 40.7 Å². The first-order valence-corrected chi connectivity index (χ1v) is 5.34. The lowest BCUT2D eigenvalue weighted by molar-refractivity contribution is 0.511. The molecule has 0 saturated heterocycles. The lowest BCUT2D eigenvalue weighted by atomic mass is 10.1. The molecule has 1 aromatic carbocycles. The number of H-pyrrole nitrogens is 1. The van der Waals surface area contributed by atoms with Crippen molar-refractivity contribution in [1.82, 2.24) is 10.2 Å². The largest absolute Gasteiger partial charge is 0.366 e. The van der Waals surface area contributed by atoms with Crippen LogP contribution in [0.25, 0.3) is 11.3 Å². The van der Waals surface area contributed by atoms with Gasteiger partial charge in [0, 0.05) is 17.7 Å². The molecule has 17 heavy (non-hydrogen) atoms. The Morgan fingerprint density at radius 2 is 2.06 bits per heavy atom. The Morgan fingerprint density at radius 1 is 1.29 bits per heavy atom. The zero-order valence-electron chi connectivity index (χ0n) is 9.59. The molecule has 0 amide bonds. The fourth-order valence-corrected chi connectivity index (χ4v) is 1.54. The molecule has 0 aliphatic carbocycles. The molecule has 0 aliphatic rings. The van der Waals surface area contributed by atoms with E-state index in [0.29, 0.717) is 11.5 Å². The van der Waals surface area contributed by atoms with Gasteiger partial charge >= 0.3 is 0 Å². The van der Waals surface area contributed by atoms with Crippen LogP contribution in [0.4, 0.5) is 14.6 Å². The van der Waals surface area contributed by atoms with E-state index in [0.717, 1.165) is 6.07 Å². The zero-order valence-corrected chi connectivity index (χ0v) is 9.59. The fourth-order valence-electron chi connectivity index (χ4n) is 1.54. The predicted octanol–water partition coefficient (Wildman–Crippen LogP) is 3.18. The number of rotatable bonds is 3. The Balaban J connectivity index is 2.34. The minimum Gasteiger partial charge on any atom is -0.366 e. The Hall–Kier alpha value is -1.91. The molecule has 5 heteroatoms. The molecular weight excluding hydrogens is 224 g/mol. The summed E-state index contributed by atoms with van der Waals surface area (Å²) in [5.41, 5.74) is 0.624. The van der Waals surface area contributed by atoms with Gasteiger partial charge in [-0.3, -0.25) is 5.10 Å². The van der Waals surface area contributed by atoms with Gasteiger partial charge in [-0.1, -0.05) is 6.07 Å². The second-order valence-electron chi connectivity index (χ2n) is 4.07. The van der Waals surface area contributed by atoms with Crippen LogP contribution >= 0.6 is 0 Å². The summed E-state index contributed by atoms with van der Waals surface area (Å²) < 4.78 is 26.6. The molecule has 0 spiro atoms. The average molecular weight is 237 g/mol. The van der Waals surface area contributed by atoms with Crippen molar-refractivity contribution in [2.24, 2.45) is 0 Å². The molecule has 3 nitrogen and oxygen atoms in total. The van der Waals surface area contributed by atoms with E-state index in [1.165, 1.54) is 12.1 Å². The van der Waals surface area contributed by atoms with Crippen molar-refractivity contribution >= 4 is 5.82 Å². The van der Waals surface area contributed by atoms with Gasteiger partial charge in [-0.2, -0.15) is 5.10 Å². The van der Waals surface area contributed by atoms with E-state index in [4.69, 9.17) is 0 Å². The number of nitrogens with zero attached hydrogens (tertiary/aromatic N) is 1. The van der Waals surface area contributed by atoms with Crippen molar-refractivity contribution in [2.45, 2.75) is 19.9 Å². The summed E-state index contributed by atoms with van der Waals surface area (Å²) in [5.74, 6) is -1.12. The van der Waals surface area contributed by atoms with Gasteiger partial charge in [0.05, 0.1) is 5.69 Å². The lowest BCUT2D eigenvalue weighted by Crippen LogP contribution is -2.09. The monoisotopic (exact) mass is 237 g/mol. The summed E-state index contributed by atoms with van der Waals surface area (Å²) in [7, 11) is 0. The van der Waals surface area contributed by atoms with Crippen LogP contribution in [0.3, 0.4) is 0 Å². The predicted molar refractivity (Wildman–Crippen MR) is 62.7 cm³/mol. The highest BCUT2D eigenvalue weighted by molar-refractivity contribution is 5.63. The molecule has 2 N–H and O–H groups in total. The molecule has 0 bridgehead atoms. The van der Waals surface area contributed by atoms with E-state index in [1.807, 2.05) is 13.8 Å². The number of benzene rings is 1. The maximum absolute atomic E-state index is 13.5. The molecule has 0 unspecified atom stereocenters. The van der Waals surface area contributed by atoms with Crippen LogP contribution in [-0.4, -0.2) is 16.2 Å². The van der Waals surface area contributed by atoms with Gasteiger partial charge in [0.2, 0.25) is 0 Å². The molecule has 0 fully saturated rings. The van der Waals surface area contributed by atoms with Gasteiger partial charge in [-0.15, -0.1) is 0 Å². The van der Waals surface area contributed by atoms with Crippen LogP contribution in [0, 0.1) is 11.6 Å². The first-order valence-electron chi connectivity index (χ1n) is 5.34. The Labute approximate surface area is 97.9 Å². The number of anilines is 1. The smallest absolute Gasteiger partial charge is 0.168 e. The van der Waals surface area contributed by atoms with E-state index in [2.05, 4.69) is 15.5 Å². The Kier molecular flexibility index (Phi) is 3.08. The molecule has 0 saturated carbocycles. The van der Waals surface area contributed by atoms with Crippen molar-refractivity contribution in [1.29, 1.82) is 0 Å². The van der Waals surface area contributed by atoms with Crippen LogP contribution in [0.15, 0.2) is 24.3 Å². The molecule has 2 rings (SSSR count). The molecule has 2 aromatic rings. The van der Waals surface area contributed by atoms with Gasteiger partial charge in [0.15, 0.2) is 11.6 Å². The van der Waals surface area contributed by atoms with E-state index in [9.17, 15) is 8.78 Å². The number of nitrogens with one attached hydrogen (secondary N) is 2. The van der Waals surface area contributed by atoms with E-state index < -0.39 is 11.6 Å². The second kappa shape index (κ2) is 4.53. The van der Waals surface area contributed by atoms with E-state index in [1.54, 1.807) is 6.07 Å². The number of aromatic nitrogens is 2. The minimum absolute atomic E-state index is 0.175. The Bertz CT molecular complexity index is 520. The third kappa shape index (κ3) is 2.43. The van der Waals surface area contributed by atoms with Gasteiger partial charge in [0.1, 0.15) is 5.82 Å². The van der Waals surface area contributed by atoms with Crippen LogP contribution in [0.1, 0.15) is 13.8 Å². The normalized spacial score (nSPS) is 10.9. The van der Waals surface area contributed by atoms with Gasteiger partial charge in [-0.25, -0.2) is 8.78 Å².